The van der Waals surface area contributed by atoms with E-state index < -0.39 is 60.7 Å². The summed E-state index contributed by atoms with van der Waals surface area (Å²) >= 11 is 0. The van der Waals surface area contributed by atoms with Gasteiger partial charge in [0.25, 0.3) is 0 Å². The molecule has 1 heterocycles. The molecule has 1 atom stereocenters. The minimum absolute atomic E-state index is 0.216. The second-order valence-corrected chi connectivity index (χ2v) is 13.0. The molecule has 0 aliphatic carbocycles. The largest absolute Gasteiger partial charge is 0.465 e. The first-order valence-corrected chi connectivity index (χ1v) is 14.9. The van der Waals surface area contributed by atoms with Crippen LogP contribution in [0.2, 0.25) is 0 Å². The van der Waals surface area contributed by atoms with Crippen molar-refractivity contribution in [1.82, 2.24) is 0 Å². The molecule has 1 saturated heterocycles. The molecule has 0 radical (unpaired) electrons. The van der Waals surface area contributed by atoms with Crippen LogP contribution in [0.25, 0.3) is 0 Å². The molecule has 5 rings (SSSR count). The topological polar surface area (TPSA) is 61.8 Å². The van der Waals surface area contributed by atoms with Gasteiger partial charge in [-0.1, -0.05) is 42.5 Å². The van der Waals surface area contributed by atoms with Gasteiger partial charge in [-0.15, -0.1) is 0 Å². The van der Waals surface area contributed by atoms with E-state index >= 15 is 0 Å². The van der Waals surface area contributed by atoms with E-state index in [0.29, 0.717) is 18.8 Å². The minimum Gasteiger partial charge on any atom is -0.465 e. The fourth-order valence-corrected chi connectivity index (χ4v) is 9.60. The first kappa shape index (κ1) is 28.1. The molecule has 5 nitrogen and oxygen atoms in total. The molecule has 1 fully saturated rings. The molecule has 0 amide bonds. The van der Waals surface area contributed by atoms with E-state index in [1.54, 1.807) is 72.8 Å². The Labute approximate surface area is 228 Å². The second-order valence-electron chi connectivity index (χ2n) is 8.64. The van der Waals surface area contributed by atoms with E-state index in [9.17, 15) is 30.4 Å². The van der Waals surface area contributed by atoms with Crippen molar-refractivity contribution >= 4 is 20.4 Å². The third-order valence-electron chi connectivity index (χ3n) is 6.05. The van der Waals surface area contributed by atoms with Crippen LogP contribution in [0.4, 0.5) is 22.0 Å². The summed E-state index contributed by atoms with van der Waals surface area (Å²) in [7, 11) is -9.09. The van der Waals surface area contributed by atoms with Crippen molar-refractivity contribution in [3.05, 3.63) is 114 Å². The molecule has 4 aromatic carbocycles. The van der Waals surface area contributed by atoms with Gasteiger partial charge < -0.3 is 9.47 Å². The Kier molecular flexibility index (Phi) is 7.87. The lowest BCUT2D eigenvalue weighted by atomic mass is 10.3. The van der Waals surface area contributed by atoms with Crippen molar-refractivity contribution < 1.29 is 43.5 Å². The Hall–Kier alpha value is -3.45. The molecule has 1 aliphatic rings. The fourth-order valence-electron chi connectivity index (χ4n) is 4.24. The lowest BCUT2D eigenvalue weighted by molar-refractivity contribution is -0.0391. The zero-order valence-corrected chi connectivity index (χ0v) is 22.2. The third-order valence-corrected chi connectivity index (χ3v) is 11.2. The second kappa shape index (κ2) is 11.2. The van der Waals surface area contributed by atoms with Gasteiger partial charge in [0.1, 0.15) is 5.75 Å². The van der Waals surface area contributed by atoms with Crippen molar-refractivity contribution in [2.24, 2.45) is 0 Å². The summed E-state index contributed by atoms with van der Waals surface area (Å²) < 4.78 is 116. The van der Waals surface area contributed by atoms with Gasteiger partial charge in [0.15, 0.2) is 34.5 Å². The van der Waals surface area contributed by atoms with Gasteiger partial charge in [-0.25, -0.2) is 25.6 Å². The minimum atomic E-state index is -5.65. The Morgan fingerprint density at radius 2 is 1.20 bits per heavy atom. The van der Waals surface area contributed by atoms with Crippen LogP contribution in [0, 0.1) is 29.1 Å². The number of hydrogen-bond acceptors (Lipinski definition) is 5. The summed E-state index contributed by atoms with van der Waals surface area (Å²) in [5, 5.41) is 0. The Morgan fingerprint density at radius 3 is 1.73 bits per heavy atom. The summed E-state index contributed by atoms with van der Waals surface area (Å²) in [5.74, 6) is -12.1. The smallest absolute Gasteiger partial charge is 0.313 e. The maximum atomic E-state index is 14.8. The molecule has 1 aliphatic heterocycles. The van der Waals surface area contributed by atoms with Crippen LogP contribution in [0.1, 0.15) is 12.8 Å². The van der Waals surface area contributed by atoms with Crippen LogP contribution in [0.15, 0.2) is 105 Å². The van der Waals surface area contributed by atoms with Gasteiger partial charge in [-0.2, -0.15) is 8.42 Å². The molecular formula is C28H21F5O5S2. The number of benzene rings is 4. The van der Waals surface area contributed by atoms with E-state index in [-0.39, 0.29) is 14.7 Å². The van der Waals surface area contributed by atoms with Gasteiger partial charge in [0.2, 0.25) is 5.82 Å². The number of ether oxygens (including phenoxy) is 2. The average Bonchev–Trinajstić information content (AvgIpc) is 3.48. The first-order chi connectivity index (χ1) is 19.1. The predicted molar refractivity (Wildman–Crippen MR) is 136 cm³/mol. The molecule has 0 N–H and O–H groups in total. The fraction of sp³-hybridized carbons (Fsp3) is 0.143. The summed E-state index contributed by atoms with van der Waals surface area (Å²) in [6.45, 7) is 0.511. The van der Waals surface area contributed by atoms with Gasteiger partial charge in [0, 0.05) is 21.1 Å². The molecule has 12 heteroatoms. The monoisotopic (exact) mass is 596 g/mol. The zero-order valence-electron chi connectivity index (χ0n) is 20.5. The van der Waals surface area contributed by atoms with Crippen molar-refractivity contribution in [2.45, 2.75) is 38.7 Å². The van der Waals surface area contributed by atoms with Crippen molar-refractivity contribution in [3.63, 3.8) is 0 Å². The van der Waals surface area contributed by atoms with Gasteiger partial charge in [-0.05, 0) is 59.2 Å². The van der Waals surface area contributed by atoms with Crippen LogP contribution < -0.4 is 4.74 Å². The van der Waals surface area contributed by atoms with Crippen LogP contribution in [-0.2, 0) is 18.5 Å². The molecule has 0 saturated carbocycles. The van der Waals surface area contributed by atoms with E-state index in [0.717, 1.165) is 6.42 Å². The van der Waals surface area contributed by atoms with Crippen molar-refractivity contribution in [1.29, 1.82) is 0 Å². The highest BCUT2D eigenvalue weighted by Crippen LogP contribution is 2.70. The van der Waals surface area contributed by atoms with Gasteiger partial charge >= 0.3 is 10.1 Å². The first-order valence-electron chi connectivity index (χ1n) is 11.9. The predicted octanol–water partition coefficient (Wildman–Crippen LogP) is 7.50. The van der Waals surface area contributed by atoms with Gasteiger partial charge in [0.05, 0.1) is 6.61 Å². The van der Waals surface area contributed by atoms with E-state index in [4.69, 9.17) is 13.1 Å². The summed E-state index contributed by atoms with van der Waals surface area (Å²) in [5.41, 5.74) is 0. The highest BCUT2D eigenvalue weighted by Gasteiger charge is 2.42. The summed E-state index contributed by atoms with van der Waals surface area (Å²) in [6.07, 6.45) is 0.882. The molecule has 0 bridgehead atoms. The lowest BCUT2D eigenvalue weighted by Crippen LogP contribution is -2.19. The molecular weight excluding hydrogens is 575 g/mol. The van der Waals surface area contributed by atoms with Crippen LogP contribution in [-0.4, -0.2) is 21.3 Å². The third kappa shape index (κ3) is 5.07. The van der Waals surface area contributed by atoms with Crippen LogP contribution in [0.3, 0.4) is 0 Å². The Bertz CT molecular complexity index is 1560. The van der Waals surface area contributed by atoms with Crippen LogP contribution in [0.5, 0.6) is 5.75 Å². The maximum absolute atomic E-state index is 14.8. The summed E-state index contributed by atoms with van der Waals surface area (Å²) in [6, 6.07) is 22.1. The summed E-state index contributed by atoms with van der Waals surface area (Å²) in [4.78, 5) is -1.34. The standard InChI is InChI=1S/C28H21F5O5S2/c29-23-24(30)26(32)28(27(33)25(23)31)40(34,35)38-39(19-10-3-1-4-11-19,20-12-5-2-6-13-20)21-14-7-9-18(17-21)37-22-15-8-16-36-22/h1-7,9-14,17,22H,8,15-16H2. The van der Waals surface area contributed by atoms with E-state index in [1.165, 1.54) is 12.1 Å². The molecule has 0 aromatic heterocycles. The highest BCUT2D eigenvalue weighted by molar-refractivity contribution is 8.33. The van der Waals surface area contributed by atoms with Crippen molar-refractivity contribution in [2.75, 3.05) is 6.61 Å². The molecule has 40 heavy (non-hydrogen) atoms. The molecule has 4 aromatic rings. The zero-order chi connectivity index (χ0) is 28.5. The number of halogens is 5. The lowest BCUT2D eigenvalue weighted by Gasteiger charge is -2.39. The highest BCUT2D eigenvalue weighted by atomic mass is 32.3. The van der Waals surface area contributed by atoms with Crippen LogP contribution >= 0.6 is 10.3 Å². The molecule has 0 spiro atoms. The van der Waals surface area contributed by atoms with Crippen molar-refractivity contribution in [3.8, 4) is 5.75 Å². The number of hydrogen-bond donors (Lipinski definition) is 0. The van der Waals surface area contributed by atoms with E-state index in [1.807, 2.05) is 0 Å². The quantitative estimate of drug-likeness (QED) is 0.120. The molecule has 210 valence electrons. The Balaban J connectivity index is 1.76. The van der Waals surface area contributed by atoms with E-state index in [2.05, 4.69) is 0 Å². The normalized spacial score (nSPS) is 16.2. The SMILES string of the molecule is O=S(=O)(OS(c1ccccc1)(c1ccccc1)c1cccc(OC2CCCO2)c1)c1c(F)c(F)c(F)c(F)c1F. The maximum Gasteiger partial charge on any atom is 0.313 e. The molecule has 1 unspecified atom stereocenters. The number of rotatable bonds is 8. The Morgan fingerprint density at radius 1 is 0.675 bits per heavy atom. The average molecular weight is 597 g/mol. The van der Waals surface area contributed by atoms with Gasteiger partial charge in [-0.3, -0.25) is 0 Å².